The lowest BCUT2D eigenvalue weighted by atomic mass is 9.94. The van der Waals surface area contributed by atoms with E-state index in [2.05, 4.69) is 0 Å². The molecule has 0 amide bonds. The maximum absolute atomic E-state index is 11.3. The number of rotatable bonds is 0. The van der Waals surface area contributed by atoms with E-state index in [1.165, 1.54) is 13.3 Å². The second-order valence-electron chi connectivity index (χ2n) is 4.87. The minimum atomic E-state index is -1.73. The molecule has 1 heterocycles. The largest absolute Gasteiger partial charge is 0.429 e. The fraction of sp³-hybridized carbons (Fsp3) is 0.900. The van der Waals surface area contributed by atoms with Crippen molar-refractivity contribution >= 4 is 5.97 Å². The lowest BCUT2D eigenvalue weighted by molar-refractivity contribution is -0.258. The van der Waals surface area contributed by atoms with Crippen molar-refractivity contribution < 1.29 is 19.4 Å². The first-order chi connectivity index (χ1) is 6.52. The summed E-state index contributed by atoms with van der Waals surface area (Å²) in [6.07, 6.45) is 4.09. The van der Waals surface area contributed by atoms with Crippen molar-refractivity contribution in [2.75, 3.05) is 0 Å². The van der Waals surface area contributed by atoms with E-state index in [0.717, 1.165) is 19.3 Å². The average molecular weight is 198 g/mol. The highest BCUT2D eigenvalue weighted by Crippen LogP contribution is 2.56. The average Bonchev–Trinajstić information content (AvgIpc) is 2.66. The zero-order valence-corrected chi connectivity index (χ0v) is 8.16. The van der Waals surface area contributed by atoms with E-state index >= 15 is 0 Å². The molecule has 4 nitrogen and oxygen atoms in total. The highest BCUT2D eigenvalue weighted by Gasteiger charge is 2.64. The molecule has 4 atom stereocenters. The number of aliphatic hydroxyl groups is 1. The van der Waals surface area contributed by atoms with Crippen LogP contribution in [0.5, 0.6) is 0 Å². The monoisotopic (exact) mass is 198 g/mol. The topological polar surface area (TPSA) is 55.8 Å². The first-order valence-corrected chi connectivity index (χ1v) is 5.18. The third kappa shape index (κ3) is 0.929. The Labute approximate surface area is 82.2 Å². The van der Waals surface area contributed by atoms with E-state index in [4.69, 9.17) is 9.47 Å². The molecule has 2 saturated carbocycles. The molecule has 78 valence electrons. The Morgan fingerprint density at radius 2 is 2.29 bits per heavy atom. The standard InChI is InChI=1S/C10H14O4/c1-9(12)8(11)13-10(14-9)5-6-2-3-7(10)4-6/h6-7,12H,2-5H2,1H3. The van der Waals surface area contributed by atoms with E-state index in [-0.39, 0.29) is 0 Å². The van der Waals surface area contributed by atoms with Crippen LogP contribution in [0.15, 0.2) is 0 Å². The number of esters is 1. The van der Waals surface area contributed by atoms with Gasteiger partial charge in [-0.05, 0) is 25.2 Å². The van der Waals surface area contributed by atoms with Gasteiger partial charge >= 0.3 is 5.97 Å². The van der Waals surface area contributed by atoms with Crippen molar-refractivity contribution in [3.8, 4) is 0 Å². The molecule has 2 bridgehead atoms. The van der Waals surface area contributed by atoms with Gasteiger partial charge in [0.25, 0.3) is 5.79 Å². The highest BCUT2D eigenvalue weighted by atomic mass is 16.8. The van der Waals surface area contributed by atoms with Gasteiger partial charge in [0.15, 0.2) is 0 Å². The Morgan fingerprint density at radius 3 is 2.71 bits per heavy atom. The highest BCUT2D eigenvalue weighted by molar-refractivity contribution is 5.79. The van der Waals surface area contributed by atoms with E-state index in [1.807, 2.05) is 0 Å². The fourth-order valence-corrected chi connectivity index (χ4v) is 3.13. The quantitative estimate of drug-likeness (QED) is 0.584. The van der Waals surface area contributed by atoms with E-state index < -0.39 is 17.5 Å². The van der Waals surface area contributed by atoms with Crippen molar-refractivity contribution in [3.05, 3.63) is 0 Å². The molecule has 0 aromatic rings. The molecule has 0 aromatic carbocycles. The Bertz CT molecular complexity index is 298. The second-order valence-corrected chi connectivity index (χ2v) is 4.87. The van der Waals surface area contributed by atoms with Crippen LogP contribution in [0.2, 0.25) is 0 Å². The first kappa shape index (κ1) is 8.68. The smallest absolute Gasteiger partial charge is 0.368 e. The molecular formula is C10H14O4. The summed E-state index contributed by atoms with van der Waals surface area (Å²) in [5, 5.41) is 9.62. The summed E-state index contributed by atoms with van der Waals surface area (Å²) < 4.78 is 10.7. The maximum atomic E-state index is 11.3. The van der Waals surface area contributed by atoms with Gasteiger partial charge in [-0.25, -0.2) is 4.79 Å². The van der Waals surface area contributed by atoms with Crippen molar-refractivity contribution in [1.29, 1.82) is 0 Å². The Kier molecular flexibility index (Phi) is 1.43. The zero-order chi connectivity index (χ0) is 9.97. The van der Waals surface area contributed by atoms with Gasteiger partial charge in [0.05, 0.1) is 0 Å². The van der Waals surface area contributed by atoms with E-state index in [9.17, 15) is 9.90 Å². The predicted molar refractivity (Wildman–Crippen MR) is 46.0 cm³/mol. The van der Waals surface area contributed by atoms with Gasteiger partial charge in [-0.15, -0.1) is 0 Å². The van der Waals surface area contributed by atoms with Crippen LogP contribution in [-0.2, 0) is 14.3 Å². The number of fused-ring (bicyclic) bond motifs is 3. The van der Waals surface area contributed by atoms with Crippen molar-refractivity contribution in [2.24, 2.45) is 11.8 Å². The normalized spacial score (nSPS) is 55.7. The predicted octanol–water partition coefficient (Wildman–Crippen LogP) is 0.785. The molecule has 0 radical (unpaired) electrons. The van der Waals surface area contributed by atoms with Crippen LogP contribution in [-0.4, -0.2) is 22.7 Å². The molecule has 14 heavy (non-hydrogen) atoms. The molecule has 1 N–H and O–H groups in total. The molecule has 1 saturated heterocycles. The van der Waals surface area contributed by atoms with Crippen LogP contribution >= 0.6 is 0 Å². The number of hydrogen-bond donors (Lipinski definition) is 1. The van der Waals surface area contributed by atoms with Crippen LogP contribution in [0.1, 0.15) is 32.6 Å². The first-order valence-electron chi connectivity index (χ1n) is 5.18. The summed E-state index contributed by atoms with van der Waals surface area (Å²) >= 11 is 0. The SMILES string of the molecule is CC1(O)OC2(CC3CCC2C3)OC1=O. The van der Waals surface area contributed by atoms with Gasteiger partial charge in [0, 0.05) is 19.3 Å². The van der Waals surface area contributed by atoms with Gasteiger partial charge in [0.1, 0.15) is 0 Å². The molecule has 4 heteroatoms. The minimum absolute atomic E-state index is 0.297. The van der Waals surface area contributed by atoms with E-state index in [0.29, 0.717) is 11.8 Å². The van der Waals surface area contributed by atoms with E-state index in [1.54, 1.807) is 0 Å². The Balaban J connectivity index is 1.91. The van der Waals surface area contributed by atoms with Crippen molar-refractivity contribution in [2.45, 2.75) is 44.2 Å². The van der Waals surface area contributed by atoms with Crippen molar-refractivity contribution in [1.82, 2.24) is 0 Å². The van der Waals surface area contributed by atoms with Gasteiger partial charge < -0.3 is 9.84 Å². The summed E-state index contributed by atoms with van der Waals surface area (Å²) in [5.74, 6) is -2.24. The number of carbonyl (C=O) groups excluding carboxylic acids is 1. The molecule has 4 unspecified atom stereocenters. The molecule has 1 aliphatic heterocycles. The van der Waals surface area contributed by atoms with Gasteiger partial charge in [0.2, 0.25) is 5.79 Å². The second kappa shape index (κ2) is 2.31. The summed E-state index contributed by atoms with van der Waals surface area (Å²) in [7, 11) is 0. The third-order valence-electron chi connectivity index (χ3n) is 3.75. The van der Waals surface area contributed by atoms with Gasteiger partial charge in [-0.2, -0.15) is 0 Å². The van der Waals surface area contributed by atoms with Crippen LogP contribution in [0.3, 0.4) is 0 Å². The van der Waals surface area contributed by atoms with Crippen molar-refractivity contribution in [3.63, 3.8) is 0 Å². The third-order valence-corrected chi connectivity index (χ3v) is 3.75. The summed E-state index contributed by atoms with van der Waals surface area (Å²) in [4.78, 5) is 11.3. The fourth-order valence-electron chi connectivity index (χ4n) is 3.13. The molecule has 2 aliphatic carbocycles. The molecule has 3 rings (SSSR count). The Morgan fingerprint density at radius 1 is 1.50 bits per heavy atom. The molecule has 1 spiro atoms. The zero-order valence-electron chi connectivity index (χ0n) is 8.16. The van der Waals surface area contributed by atoms with Gasteiger partial charge in [-0.3, -0.25) is 4.74 Å². The van der Waals surface area contributed by atoms with Crippen LogP contribution in [0, 0.1) is 11.8 Å². The molecule has 3 aliphatic rings. The molecule has 0 aromatic heterocycles. The van der Waals surface area contributed by atoms with Crippen LogP contribution < -0.4 is 0 Å². The minimum Gasteiger partial charge on any atom is -0.429 e. The number of ether oxygens (including phenoxy) is 2. The van der Waals surface area contributed by atoms with Crippen LogP contribution in [0.25, 0.3) is 0 Å². The van der Waals surface area contributed by atoms with Gasteiger partial charge in [-0.1, -0.05) is 0 Å². The number of hydrogen-bond acceptors (Lipinski definition) is 4. The summed E-state index contributed by atoms with van der Waals surface area (Å²) in [5.41, 5.74) is 0. The number of carbonyl (C=O) groups is 1. The molecule has 3 fully saturated rings. The maximum Gasteiger partial charge on any atom is 0.368 e. The van der Waals surface area contributed by atoms with Crippen LogP contribution in [0.4, 0.5) is 0 Å². The summed E-state index contributed by atoms with van der Waals surface area (Å²) in [6.45, 7) is 1.36. The lowest BCUT2D eigenvalue weighted by Gasteiger charge is -2.31. The summed E-state index contributed by atoms with van der Waals surface area (Å²) in [6, 6.07) is 0. The Hall–Kier alpha value is -0.610. The molecular weight excluding hydrogens is 184 g/mol. The lowest BCUT2D eigenvalue weighted by Crippen LogP contribution is -2.39.